The molecule has 1 amide bonds. The van der Waals surface area contributed by atoms with Crippen molar-refractivity contribution in [2.75, 3.05) is 30.4 Å². The van der Waals surface area contributed by atoms with Crippen LogP contribution in [0.3, 0.4) is 0 Å². The highest BCUT2D eigenvalue weighted by Gasteiger charge is 2.27. The number of ether oxygens (including phenoxy) is 1. The maximum Gasteiger partial charge on any atom is 0.258 e. The van der Waals surface area contributed by atoms with Crippen molar-refractivity contribution in [3.63, 3.8) is 0 Å². The van der Waals surface area contributed by atoms with E-state index in [1.807, 2.05) is 4.90 Å². The molecule has 2 aromatic carbocycles. The molecule has 2 atom stereocenters. The normalized spacial score (nSPS) is 16.9. The zero-order valence-electron chi connectivity index (χ0n) is 20.6. The Labute approximate surface area is 230 Å². The van der Waals surface area contributed by atoms with Crippen molar-refractivity contribution in [1.82, 2.24) is 4.98 Å². The van der Waals surface area contributed by atoms with Gasteiger partial charge in [0.15, 0.2) is 0 Å². The summed E-state index contributed by atoms with van der Waals surface area (Å²) >= 11 is 0. The second-order valence-electron chi connectivity index (χ2n) is 9.00. The Morgan fingerprint density at radius 1 is 1.08 bits per heavy atom. The number of nitrogens with zero attached hydrogens (tertiary/aromatic N) is 2. The smallest absolute Gasteiger partial charge is 0.258 e. The molecule has 12 heteroatoms. The van der Waals surface area contributed by atoms with E-state index in [2.05, 4.69) is 17.2 Å². The minimum absolute atomic E-state index is 0. The largest absolute Gasteiger partial charge is 0.380 e. The number of nitrogens with one attached hydrogen (secondary N) is 1. The van der Waals surface area contributed by atoms with Crippen molar-refractivity contribution >= 4 is 42.1 Å². The molecule has 0 unspecified atom stereocenters. The molecule has 0 spiro atoms. The lowest BCUT2D eigenvalue weighted by Crippen LogP contribution is -2.46. The number of hydrogen-bond acceptors (Lipinski definition) is 5. The molecule has 1 aromatic heterocycles. The lowest BCUT2D eigenvalue weighted by atomic mass is 9.96. The maximum atomic E-state index is 15.4. The second-order valence-corrected chi connectivity index (χ2v) is 9.00. The van der Waals surface area contributed by atoms with Crippen molar-refractivity contribution in [1.29, 1.82) is 0 Å². The first-order chi connectivity index (χ1) is 17.2. The number of carbonyl (C=O) groups excluding carboxylic acids is 1. The van der Waals surface area contributed by atoms with Crippen LogP contribution in [0.25, 0.3) is 11.1 Å². The molecule has 3 N–H and O–H groups in total. The fourth-order valence-corrected chi connectivity index (χ4v) is 4.62. The lowest BCUT2D eigenvalue weighted by molar-refractivity contribution is 0.102. The molecule has 0 radical (unpaired) electrons. The first kappa shape index (κ1) is 31.3. The minimum Gasteiger partial charge on any atom is -0.380 e. The highest BCUT2D eigenvalue weighted by atomic mass is 35.5. The molecule has 1 aliphatic rings. The number of hydrogen-bond donors (Lipinski definition) is 2. The fraction of sp³-hybridized carbons (Fsp3) is 0.308. The van der Waals surface area contributed by atoms with Crippen LogP contribution >= 0.6 is 24.8 Å². The van der Waals surface area contributed by atoms with Crippen LogP contribution in [0, 0.1) is 29.2 Å². The molecule has 38 heavy (non-hydrogen) atoms. The first-order valence-corrected chi connectivity index (χ1v) is 11.4. The van der Waals surface area contributed by atoms with Gasteiger partial charge in [0, 0.05) is 32.4 Å². The van der Waals surface area contributed by atoms with Gasteiger partial charge in [-0.15, -0.1) is 24.8 Å². The van der Waals surface area contributed by atoms with Gasteiger partial charge in [0.25, 0.3) is 5.91 Å². The lowest BCUT2D eigenvalue weighted by Gasteiger charge is -2.37. The molecule has 2 heterocycles. The van der Waals surface area contributed by atoms with Crippen LogP contribution in [0.4, 0.5) is 28.9 Å². The van der Waals surface area contributed by atoms with Crippen molar-refractivity contribution in [2.24, 2.45) is 11.7 Å². The molecule has 4 rings (SSSR count). The summed E-state index contributed by atoms with van der Waals surface area (Å²) in [7, 11) is 1.35. The number of rotatable bonds is 6. The monoisotopic (exact) mass is 574 g/mol. The van der Waals surface area contributed by atoms with Crippen LogP contribution in [0.5, 0.6) is 0 Å². The van der Waals surface area contributed by atoms with Crippen LogP contribution in [-0.2, 0) is 11.3 Å². The topological polar surface area (TPSA) is 80.5 Å². The quantitative estimate of drug-likeness (QED) is 0.368. The first-order valence-electron chi connectivity index (χ1n) is 11.4. The van der Waals surface area contributed by atoms with E-state index in [-0.39, 0.29) is 43.0 Å². The predicted molar refractivity (Wildman–Crippen MR) is 143 cm³/mol. The van der Waals surface area contributed by atoms with E-state index in [0.717, 1.165) is 30.7 Å². The van der Waals surface area contributed by atoms with Gasteiger partial charge in [0.2, 0.25) is 0 Å². The zero-order chi connectivity index (χ0) is 26.0. The molecule has 0 saturated carbocycles. The summed E-state index contributed by atoms with van der Waals surface area (Å²) in [5.41, 5.74) is 4.80. The number of anilines is 2. The van der Waals surface area contributed by atoms with Gasteiger partial charge in [0.05, 0.1) is 40.9 Å². The molecule has 3 aromatic rings. The highest BCUT2D eigenvalue weighted by Crippen LogP contribution is 2.34. The van der Waals surface area contributed by atoms with Crippen LogP contribution in [0.1, 0.15) is 29.3 Å². The highest BCUT2D eigenvalue weighted by molar-refractivity contribution is 6.06. The number of aromatic nitrogens is 1. The molecule has 1 saturated heterocycles. The van der Waals surface area contributed by atoms with E-state index < -0.39 is 45.9 Å². The standard InChI is InChI=1S/C26H26F4N4O2.2ClH/c1-14-7-16(31)12-34(11-14)22-5-6-32-10-21(22)33-26(35)17-3-4-18(27)24(25(17)30)23-19(28)8-15(13-36-2)9-20(23)29;;/h3-6,8-10,14,16H,7,11-13,31H2,1-2H3,(H,33,35);2*1H/t14-,16+;;/m1../s1. The van der Waals surface area contributed by atoms with Crippen molar-refractivity contribution in [2.45, 2.75) is 26.0 Å². The van der Waals surface area contributed by atoms with E-state index in [1.54, 1.807) is 12.3 Å². The van der Waals surface area contributed by atoms with Gasteiger partial charge in [-0.25, -0.2) is 17.6 Å². The Balaban J connectivity index is 0.00000253. The van der Waals surface area contributed by atoms with Gasteiger partial charge < -0.3 is 20.7 Å². The van der Waals surface area contributed by atoms with Crippen molar-refractivity contribution in [3.8, 4) is 11.1 Å². The second kappa shape index (κ2) is 13.2. The number of methoxy groups -OCH3 is 1. The molecule has 206 valence electrons. The number of benzene rings is 2. The van der Waals surface area contributed by atoms with Crippen LogP contribution < -0.4 is 16.0 Å². The third-order valence-electron chi connectivity index (χ3n) is 6.08. The molecule has 0 aliphatic carbocycles. The van der Waals surface area contributed by atoms with Crippen molar-refractivity contribution < 1.29 is 27.1 Å². The van der Waals surface area contributed by atoms with Gasteiger partial charge in [0.1, 0.15) is 23.3 Å². The Bertz CT molecular complexity index is 1270. The Kier molecular flexibility index (Phi) is 10.9. The fourth-order valence-electron chi connectivity index (χ4n) is 4.62. The van der Waals surface area contributed by atoms with E-state index in [4.69, 9.17) is 10.5 Å². The van der Waals surface area contributed by atoms with Gasteiger partial charge in [-0.1, -0.05) is 6.92 Å². The SMILES string of the molecule is COCc1cc(F)c(-c2c(F)ccc(C(=O)Nc3cnccc3N3C[C@H](C)C[C@H](N)C3)c2F)c(F)c1.Cl.Cl. The summed E-state index contributed by atoms with van der Waals surface area (Å²) in [6, 6.07) is 5.24. The number of pyridine rings is 1. The Hall–Kier alpha value is -2.92. The summed E-state index contributed by atoms with van der Waals surface area (Å²) in [6.45, 7) is 3.24. The minimum atomic E-state index is -1.39. The number of halogens is 6. The summed E-state index contributed by atoms with van der Waals surface area (Å²) in [5, 5.41) is 2.60. The number of piperidine rings is 1. The third kappa shape index (κ3) is 6.55. The summed E-state index contributed by atoms with van der Waals surface area (Å²) in [5.74, 6) is -5.55. The number of nitrogens with two attached hydrogens (primary N) is 1. The van der Waals surface area contributed by atoms with Crippen molar-refractivity contribution in [3.05, 3.63) is 77.1 Å². The molecule has 6 nitrogen and oxygen atoms in total. The number of amides is 1. The molecular formula is C26H28Cl2F4N4O2. The van der Waals surface area contributed by atoms with Gasteiger partial charge in [-0.3, -0.25) is 9.78 Å². The maximum absolute atomic E-state index is 15.4. The van der Waals surface area contributed by atoms with Crippen LogP contribution in [-0.4, -0.2) is 37.1 Å². The Morgan fingerprint density at radius 2 is 1.76 bits per heavy atom. The van der Waals surface area contributed by atoms with Crippen LogP contribution in [0.2, 0.25) is 0 Å². The summed E-state index contributed by atoms with van der Waals surface area (Å²) in [6.07, 6.45) is 3.84. The van der Waals surface area contributed by atoms with Gasteiger partial charge >= 0.3 is 0 Å². The third-order valence-corrected chi connectivity index (χ3v) is 6.08. The van der Waals surface area contributed by atoms with E-state index >= 15 is 4.39 Å². The van der Waals surface area contributed by atoms with E-state index in [1.165, 1.54) is 13.3 Å². The molecule has 1 aliphatic heterocycles. The zero-order valence-corrected chi connectivity index (χ0v) is 22.3. The van der Waals surface area contributed by atoms with E-state index in [0.29, 0.717) is 30.4 Å². The summed E-state index contributed by atoms with van der Waals surface area (Å²) < 4.78 is 64.4. The molecule has 0 bridgehead atoms. The predicted octanol–water partition coefficient (Wildman–Crippen LogP) is 5.72. The van der Waals surface area contributed by atoms with Crippen LogP contribution in [0.15, 0.2) is 42.7 Å². The van der Waals surface area contributed by atoms with Gasteiger partial charge in [-0.05, 0) is 48.2 Å². The number of carbonyl (C=O) groups is 1. The molecule has 1 fully saturated rings. The average molecular weight is 575 g/mol. The van der Waals surface area contributed by atoms with Gasteiger partial charge in [-0.2, -0.15) is 0 Å². The Morgan fingerprint density at radius 3 is 2.39 bits per heavy atom. The molecular weight excluding hydrogens is 547 g/mol. The van der Waals surface area contributed by atoms with E-state index in [9.17, 15) is 18.0 Å². The average Bonchev–Trinajstić information content (AvgIpc) is 2.80. The summed E-state index contributed by atoms with van der Waals surface area (Å²) in [4.78, 5) is 19.1.